The monoisotopic (exact) mass is 624 g/mol. The number of Topliss-reactive ketones (excluding diaryl/α,β-unsaturated/α-hetero) is 1. The number of nitrogens with zero attached hydrogens (tertiary/aromatic N) is 1. The van der Waals surface area contributed by atoms with E-state index in [1.54, 1.807) is 25.1 Å². The van der Waals surface area contributed by atoms with E-state index in [1.807, 2.05) is 6.07 Å². The standard InChI is InChI=1S/C34H48N4O7/c1-3-34(2,44)16-18-45-25-12-7-9-23(19-25)21-28(39)37-29(24-10-5-4-6-11-24)33(43)38-17-8-13-27(38)32(42)36-26(20-22-14-15-22)30(40)31(35)41/h3,7,9,12,19,22,24,26-27,29,44H,1,4-6,8,10-11,13-18,20-21H2,2H3,(H2,35,41)(H,36,42)(H,37,39)/t26?,27-,29?,34-/m0/s1. The van der Waals surface area contributed by atoms with Crippen molar-refractivity contribution >= 4 is 29.4 Å². The molecule has 0 bridgehead atoms. The lowest BCUT2D eigenvalue weighted by atomic mass is 9.83. The summed E-state index contributed by atoms with van der Waals surface area (Å²) in [6, 6.07) is 4.59. The molecule has 11 heteroatoms. The number of carbonyl (C=O) groups is 5. The quantitative estimate of drug-likeness (QED) is 0.162. The van der Waals surface area contributed by atoms with Crippen molar-refractivity contribution in [3.8, 4) is 5.75 Å². The van der Waals surface area contributed by atoms with Crippen LogP contribution in [0.3, 0.4) is 0 Å². The lowest BCUT2D eigenvalue weighted by Crippen LogP contribution is -2.58. The summed E-state index contributed by atoms with van der Waals surface area (Å²) in [6.45, 7) is 5.92. The van der Waals surface area contributed by atoms with Gasteiger partial charge in [0, 0.05) is 13.0 Å². The second kappa shape index (κ2) is 15.5. The van der Waals surface area contributed by atoms with E-state index < -0.39 is 41.3 Å². The zero-order valence-electron chi connectivity index (χ0n) is 26.3. The van der Waals surface area contributed by atoms with Crippen LogP contribution in [0.5, 0.6) is 5.75 Å². The third-order valence-electron chi connectivity index (χ3n) is 9.26. The first kappa shape index (κ1) is 34.1. The minimum absolute atomic E-state index is 0.0417. The number of primary amides is 1. The molecule has 3 fully saturated rings. The molecule has 3 aliphatic rings. The summed E-state index contributed by atoms with van der Waals surface area (Å²) in [5.41, 5.74) is 4.93. The number of hydrogen-bond acceptors (Lipinski definition) is 7. The lowest BCUT2D eigenvalue weighted by Gasteiger charge is -2.35. The number of ether oxygens (including phenoxy) is 1. The average molecular weight is 625 g/mol. The molecule has 2 unspecified atom stereocenters. The Hall–Kier alpha value is -3.73. The van der Waals surface area contributed by atoms with E-state index in [0.29, 0.717) is 38.0 Å². The van der Waals surface area contributed by atoms with Crippen LogP contribution in [0.25, 0.3) is 0 Å². The van der Waals surface area contributed by atoms with Crippen molar-refractivity contribution in [3.05, 3.63) is 42.5 Å². The maximum absolute atomic E-state index is 14.1. The minimum atomic E-state index is -1.08. The molecule has 0 aromatic heterocycles. The SMILES string of the molecule is C=C[C@](C)(O)CCOc1cccc(CC(=O)NC(C(=O)N2CCC[C@H]2C(=O)NC(CC2CC2)C(=O)C(N)=O)C2CCCCC2)c1. The van der Waals surface area contributed by atoms with E-state index in [-0.39, 0.29) is 36.7 Å². The molecule has 11 nitrogen and oxygen atoms in total. The molecule has 246 valence electrons. The Bertz CT molecular complexity index is 1250. The Labute approximate surface area is 265 Å². The number of carbonyl (C=O) groups excluding carboxylic acids is 5. The molecule has 0 spiro atoms. The van der Waals surface area contributed by atoms with Crippen molar-refractivity contribution in [1.29, 1.82) is 0 Å². The number of amides is 4. The smallest absolute Gasteiger partial charge is 0.287 e. The fourth-order valence-electron chi connectivity index (χ4n) is 6.32. The molecular formula is C34H48N4O7. The predicted octanol–water partition coefficient (Wildman–Crippen LogP) is 2.33. The van der Waals surface area contributed by atoms with Gasteiger partial charge in [-0.05, 0) is 68.6 Å². The second-order valence-electron chi connectivity index (χ2n) is 13.1. The third kappa shape index (κ3) is 9.88. The van der Waals surface area contributed by atoms with Crippen LogP contribution in [0.2, 0.25) is 0 Å². The van der Waals surface area contributed by atoms with Crippen LogP contribution >= 0.6 is 0 Å². The van der Waals surface area contributed by atoms with Gasteiger partial charge in [-0.25, -0.2) is 0 Å². The predicted molar refractivity (Wildman–Crippen MR) is 168 cm³/mol. The van der Waals surface area contributed by atoms with E-state index in [9.17, 15) is 29.1 Å². The van der Waals surface area contributed by atoms with Gasteiger partial charge in [-0.15, -0.1) is 6.58 Å². The molecular weight excluding hydrogens is 576 g/mol. The highest BCUT2D eigenvalue weighted by atomic mass is 16.5. The first-order valence-electron chi connectivity index (χ1n) is 16.3. The van der Waals surface area contributed by atoms with Crippen LogP contribution in [0.1, 0.15) is 83.1 Å². The molecule has 4 rings (SSSR count). The molecule has 1 aliphatic heterocycles. The molecule has 4 atom stereocenters. The molecule has 1 aromatic carbocycles. The molecule has 2 aliphatic carbocycles. The first-order chi connectivity index (χ1) is 21.5. The third-order valence-corrected chi connectivity index (χ3v) is 9.26. The van der Waals surface area contributed by atoms with Crippen molar-refractivity contribution in [2.24, 2.45) is 17.6 Å². The van der Waals surface area contributed by atoms with Crippen LogP contribution < -0.4 is 21.1 Å². The zero-order valence-corrected chi connectivity index (χ0v) is 26.3. The van der Waals surface area contributed by atoms with Gasteiger partial charge in [0.05, 0.1) is 24.7 Å². The zero-order chi connectivity index (χ0) is 32.6. The van der Waals surface area contributed by atoms with Gasteiger partial charge < -0.3 is 31.1 Å². The fourth-order valence-corrected chi connectivity index (χ4v) is 6.32. The Balaban J connectivity index is 1.42. The normalized spacial score (nSPS) is 21.2. The Morgan fingerprint density at radius 3 is 2.49 bits per heavy atom. The van der Waals surface area contributed by atoms with E-state index in [4.69, 9.17) is 10.5 Å². The number of aliphatic hydroxyl groups is 1. The summed E-state index contributed by atoms with van der Waals surface area (Å²) >= 11 is 0. The molecule has 1 saturated heterocycles. The summed E-state index contributed by atoms with van der Waals surface area (Å²) in [5, 5.41) is 15.8. The number of nitrogens with two attached hydrogens (primary N) is 1. The largest absolute Gasteiger partial charge is 0.493 e. The number of rotatable bonds is 16. The van der Waals surface area contributed by atoms with Crippen molar-refractivity contribution in [2.45, 2.75) is 108 Å². The maximum Gasteiger partial charge on any atom is 0.287 e. The molecule has 5 N–H and O–H groups in total. The van der Waals surface area contributed by atoms with Crippen LogP contribution in [0.4, 0.5) is 0 Å². The molecule has 1 aromatic rings. The molecule has 4 amide bonds. The summed E-state index contributed by atoms with van der Waals surface area (Å²) in [5.74, 6) is -2.18. The fraction of sp³-hybridized carbons (Fsp3) is 0.618. The van der Waals surface area contributed by atoms with Gasteiger partial charge >= 0.3 is 0 Å². The van der Waals surface area contributed by atoms with Crippen molar-refractivity contribution in [2.75, 3.05) is 13.2 Å². The number of likely N-dealkylation sites (tertiary alicyclic amines) is 1. The Morgan fingerprint density at radius 2 is 1.82 bits per heavy atom. The van der Waals surface area contributed by atoms with Crippen LogP contribution in [-0.2, 0) is 30.4 Å². The molecule has 0 radical (unpaired) electrons. The maximum atomic E-state index is 14.1. The first-order valence-corrected chi connectivity index (χ1v) is 16.3. The minimum Gasteiger partial charge on any atom is -0.493 e. The van der Waals surface area contributed by atoms with Gasteiger partial charge in [0.15, 0.2) is 0 Å². The number of hydrogen-bond donors (Lipinski definition) is 4. The van der Waals surface area contributed by atoms with Crippen LogP contribution in [-0.4, -0.2) is 76.3 Å². The summed E-state index contributed by atoms with van der Waals surface area (Å²) in [7, 11) is 0. The van der Waals surface area contributed by atoms with Crippen molar-refractivity contribution in [1.82, 2.24) is 15.5 Å². The Morgan fingerprint density at radius 1 is 1.09 bits per heavy atom. The number of nitrogens with one attached hydrogen (secondary N) is 2. The highest BCUT2D eigenvalue weighted by Crippen LogP contribution is 2.34. The molecule has 1 heterocycles. The topological polar surface area (TPSA) is 168 Å². The van der Waals surface area contributed by atoms with E-state index >= 15 is 0 Å². The number of ketones is 1. The average Bonchev–Trinajstić information content (AvgIpc) is 3.70. The second-order valence-corrected chi connectivity index (χ2v) is 13.1. The van der Waals surface area contributed by atoms with Gasteiger partial charge in [-0.3, -0.25) is 24.0 Å². The van der Waals surface area contributed by atoms with E-state index in [2.05, 4.69) is 17.2 Å². The molecule has 45 heavy (non-hydrogen) atoms. The highest BCUT2D eigenvalue weighted by Gasteiger charge is 2.42. The summed E-state index contributed by atoms with van der Waals surface area (Å²) in [6.07, 6.45) is 9.75. The van der Waals surface area contributed by atoms with Gasteiger partial charge in [0.25, 0.3) is 5.91 Å². The van der Waals surface area contributed by atoms with E-state index in [1.165, 1.54) is 11.0 Å². The van der Waals surface area contributed by atoms with Gasteiger partial charge in [0.1, 0.15) is 17.8 Å². The van der Waals surface area contributed by atoms with E-state index in [0.717, 1.165) is 50.5 Å². The highest BCUT2D eigenvalue weighted by molar-refractivity contribution is 6.37. The summed E-state index contributed by atoms with van der Waals surface area (Å²) < 4.78 is 5.78. The lowest BCUT2D eigenvalue weighted by molar-refractivity contribution is -0.144. The summed E-state index contributed by atoms with van der Waals surface area (Å²) in [4.78, 5) is 66.5. The van der Waals surface area contributed by atoms with Gasteiger partial charge in [0.2, 0.25) is 23.5 Å². The van der Waals surface area contributed by atoms with Crippen LogP contribution in [0.15, 0.2) is 36.9 Å². The van der Waals surface area contributed by atoms with Gasteiger partial charge in [-0.2, -0.15) is 0 Å². The van der Waals surface area contributed by atoms with Crippen LogP contribution in [0, 0.1) is 11.8 Å². The van der Waals surface area contributed by atoms with Gasteiger partial charge in [-0.1, -0.05) is 50.3 Å². The number of benzene rings is 1. The van der Waals surface area contributed by atoms with Crippen molar-refractivity contribution in [3.63, 3.8) is 0 Å². The molecule has 2 saturated carbocycles. The van der Waals surface area contributed by atoms with Crippen molar-refractivity contribution < 1.29 is 33.8 Å². The Kier molecular flexibility index (Phi) is 11.8.